The first-order chi connectivity index (χ1) is 20.6. The topological polar surface area (TPSA) is 92.7 Å². The van der Waals surface area contributed by atoms with Gasteiger partial charge in [0.25, 0.3) is 5.91 Å². The first-order valence-corrected chi connectivity index (χ1v) is 13.1. The Morgan fingerprint density at radius 1 is 1.00 bits per heavy atom. The molecule has 1 aromatic heterocycles. The second-order valence-electron chi connectivity index (χ2n) is 9.78. The van der Waals surface area contributed by atoms with E-state index in [1.54, 1.807) is 55.3 Å². The van der Waals surface area contributed by atoms with Crippen LogP contribution >= 0.6 is 0 Å². The molecule has 0 radical (unpaired) electrons. The molecule has 224 valence electrons. The molecule has 8 nitrogen and oxygen atoms in total. The number of carbonyl (C=O) groups excluding carboxylic acids is 2. The Morgan fingerprint density at radius 2 is 1.70 bits per heavy atom. The van der Waals surface area contributed by atoms with E-state index in [0.29, 0.717) is 30.5 Å². The third-order valence-corrected chi connectivity index (χ3v) is 6.57. The Morgan fingerprint density at radius 3 is 2.35 bits per heavy atom. The SMILES string of the molecule is Cc1cc(F)ccc1CN(C)CNn1cc(C(=O)NCc2c(F)cc(F)cc2F)c(=O)c(OCc2ccccc2)c1C=O. The maximum atomic E-state index is 14.1. The number of benzene rings is 3. The van der Waals surface area contributed by atoms with Gasteiger partial charge in [-0.3, -0.25) is 24.0 Å². The summed E-state index contributed by atoms with van der Waals surface area (Å²) in [5, 5.41) is 2.26. The van der Waals surface area contributed by atoms with Crippen LogP contribution in [0.5, 0.6) is 5.75 Å². The van der Waals surface area contributed by atoms with Gasteiger partial charge in [-0.1, -0.05) is 36.4 Å². The van der Waals surface area contributed by atoms with Crippen LogP contribution in [0.2, 0.25) is 0 Å². The summed E-state index contributed by atoms with van der Waals surface area (Å²) in [5.74, 6) is -5.33. The molecule has 0 aliphatic heterocycles. The number of carbonyl (C=O) groups is 2. The molecule has 2 N–H and O–H groups in total. The monoisotopic (exact) mass is 596 g/mol. The van der Waals surface area contributed by atoms with Crippen molar-refractivity contribution in [1.82, 2.24) is 14.9 Å². The van der Waals surface area contributed by atoms with Gasteiger partial charge in [0, 0.05) is 37.0 Å². The predicted molar refractivity (Wildman–Crippen MR) is 151 cm³/mol. The summed E-state index contributed by atoms with van der Waals surface area (Å²) in [4.78, 5) is 40.4. The summed E-state index contributed by atoms with van der Waals surface area (Å²) in [6.45, 7) is 1.49. The van der Waals surface area contributed by atoms with E-state index in [-0.39, 0.29) is 24.8 Å². The second kappa shape index (κ2) is 13.8. The molecule has 43 heavy (non-hydrogen) atoms. The minimum atomic E-state index is -1.21. The van der Waals surface area contributed by atoms with Crippen LogP contribution in [-0.4, -0.2) is 35.5 Å². The summed E-state index contributed by atoms with van der Waals surface area (Å²) < 4.78 is 61.9. The van der Waals surface area contributed by atoms with Gasteiger partial charge in [0.2, 0.25) is 5.43 Å². The molecule has 0 saturated heterocycles. The first-order valence-electron chi connectivity index (χ1n) is 13.1. The predicted octanol–water partition coefficient (Wildman–Crippen LogP) is 4.67. The molecule has 1 heterocycles. The number of nitrogens with zero attached hydrogens (tertiary/aromatic N) is 2. The van der Waals surface area contributed by atoms with E-state index >= 15 is 0 Å². The van der Waals surface area contributed by atoms with Gasteiger partial charge in [-0.15, -0.1) is 0 Å². The number of nitrogens with one attached hydrogen (secondary N) is 2. The van der Waals surface area contributed by atoms with Gasteiger partial charge in [-0.2, -0.15) is 0 Å². The van der Waals surface area contributed by atoms with E-state index in [2.05, 4.69) is 10.7 Å². The smallest absolute Gasteiger partial charge is 0.257 e. The molecule has 4 aromatic rings. The number of ether oxygens (including phenoxy) is 1. The number of amides is 1. The van der Waals surface area contributed by atoms with Crippen molar-refractivity contribution in [2.75, 3.05) is 19.1 Å². The molecule has 4 rings (SSSR count). The Balaban J connectivity index is 1.62. The number of rotatable bonds is 12. The lowest BCUT2D eigenvalue weighted by molar-refractivity contribution is 0.0946. The lowest BCUT2D eigenvalue weighted by atomic mass is 10.1. The highest BCUT2D eigenvalue weighted by Crippen LogP contribution is 2.18. The van der Waals surface area contributed by atoms with Gasteiger partial charge in [0.05, 0.1) is 6.67 Å². The van der Waals surface area contributed by atoms with Crippen LogP contribution in [0.4, 0.5) is 17.6 Å². The minimum absolute atomic E-state index is 0.0995. The van der Waals surface area contributed by atoms with Crippen LogP contribution in [0, 0.1) is 30.2 Å². The zero-order valence-electron chi connectivity index (χ0n) is 23.3. The molecule has 0 spiro atoms. The van der Waals surface area contributed by atoms with Crippen molar-refractivity contribution in [2.45, 2.75) is 26.6 Å². The van der Waals surface area contributed by atoms with Gasteiger partial charge >= 0.3 is 0 Å². The van der Waals surface area contributed by atoms with E-state index in [4.69, 9.17) is 4.74 Å². The summed E-state index contributed by atoms with van der Waals surface area (Å²) >= 11 is 0. The van der Waals surface area contributed by atoms with Crippen molar-refractivity contribution >= 4 is 12.2 Å². The average Bonchev–Trinajstić information content (AvgIpc) is 2.96. The minimum Gasteiger partial charge on any atom is -0.483 e. The second-order valence-corrected chi connectivity index (χ2v) is 9.78. The molecule has 0 atom stereocenters. The van der Waals surface area contributed by atoms with Gasteiger partial charge in [-0.05, 0) is 42.8 Å². The fourth-order valence-electron chi connectivity index (χ4n) is 4.26. The summed E-state index contributed by atoms with van der Waals surface area (Å²) in [6, 6.07) is 14.2. The maximum absolute atomic E-state index is 14.1. The number of aryl methyl sites for hydroxylation is 1. The Labute approximate surface area is 244 Å². The van der Waals surface area contributed by atoms with Crippen LogP contribution in [-0.2, 0) is 19.7 Å². The lowest BCUT2D eigenvalue weighted by Gasteiger charge is -2.23. The molecule has 12 heteroatoms. The highest BCUT2D eigenvalue weighted by Gasteiger charge is 2.23. The van der Waals surface area contributed by atoms with Crippen LogP contribution in [0.25, 0.3) is 0 Å². The van der Waals surface area contributed by atoms with E-state index in [0.717, 1.165) is 22.0 Å². The molecule has 0 fully saturated rings. The summed E-state index contributed by atoms with van der Waals surface area (Å²) in [6.07, 6.45) is 1.47. The number of aromatic nitrogens is 1. The van der Waals surface area contributed by atoms with Crippen molar-refractivity contribution in [3.05, 3.63) is 134 Å². The van der Waals surface area contributed by atoms with Crippen LogP contribution in [0.3, 0.4) is 0 Å². The zero-order chi connectivity index (χ0) is 31.1. The third kappa shape index (κ3) is 7.66. The largest absolute Gasteiger partial charge is 0.483 e. The average molecular weight is 597 g/mol. The maximum Gasteiger partial charge on any atom is 0.257 e. The normalized spacial score (nSPS) is 11.0. The number of hydrogen-bond donors (Lipinski definition) is 2. The zero-order valence-corrected chi connectivity index (χ0v) is 23.3. The fraction of sp³-hybridized carbons (Fsp3) is 0.194. The van der Waals surface area contributed by atoms with Gasteiger partial charge in [-0.25, -0.2) is 17.6 Å². The molecule has 0 aliphatic rings. The van der Waals surface area contributed by atoms with Crippen molar-refractivity contribution in [2.24, 2.45) is 0 Å². The highest BCUT2D eigenvalue weighted by molar-refractivity contribution is 5.95. The van der Waals surface area contributed by atoms with Gasteiger partial charge in [0.15, 0.2) is 12.0 Å². The molecule has 0 saturated carbocycles. The van der Waals surface area contributed by atoms with E-state index < -0.39 is 52.2 Å². The first kappa shape index (κ1) is 31.0. The Hall–Kier alpha value is -4.97. The molecule has 3 aromatic carbocycles. The fourth-order valence-corrected chi connectivity index (χ4v) is 4.26. The lowest BCUT2D eigenvalue weighted by Crippen LogP contribution is -2.36. The number of pyridine rings is 1. The highest BCUT2D eigenvalue weighted by atomic mass is 19.1. The van der Waals surface area contributed by atoms with Crippen molar-refractivity contribution in [1.29, 1.82) is 0 Å². The number of aldehydes is 1. The number of hydrogen-bond acceptors (Lipinski definition) is 6. The standard InChI is InChI=1S/C31H28F4N4O4/c1-19-10-22(32)9-8-21(19)14-38(2)18-37-39-15-25(31(42)36-13-24-26(34)11-23(33)12-27(24)35)29(41)30(28(39)16-40)43-17-20-6-4-3-5-7-20/h3-12,15-16,37H,13-14,17-18H2,1-2H3,(H,36,42). The molecular weight excluding hydrogens is 568 g/mol. The van der Waals surface area contributed by atoms with E-state index in [9.17, 15) is 31.9 Å². The van der Waals surface area contributed by atoms with Crippen LogP contribution in [0.15, 0.2) is 71.7 Å². The van der Waals surface area contributed by atoms with Crippen LogP contribution < -0.4 is 20.9 Å². The molecular formula is C31H28F4N4O4. The number of halogens is 4. The summed E-state index contributed by atoms with van der Waals surface area (Å²) in [7, 11) is 1.76. The third-order valence-electron chi connectivity index (χ3n) is 6.57. The van der Waals surface area contributed by atoms with Gasteiger partial charge < -0.3 is 15.5 Å². The van der Waals surface area contributed by atoms with E-state index in [1.807, 2.05) is 0 Å². The Kier molecular flexibility index (Phi) is 9.94. The van der Waals surface area contributed by atoms with Crippen molar-refractivity contribution in [3.8, 4) is 5.75 Å². The van der Waals surface area contributed by atoms with Gasteiger partial charge in [0.1, 0.15) is 41.1 Å². The van der Waals surface area contributed by atoms with E-state index in [1.165, 1.54) is 12.1 Å². The molecule has 0 unspecified atom stereocenters. The quantitative estimate of drug-likeness (QED) is 0.140. The Bertz CT molecular complexity index is 1670. The molecule has 0 bridgehead atoms. The van der Waals surface area contributed by atoms with Crippen molar-refractivity contribution in [3.63, 3.8) is 0 Å². The van der Waals surface area contributed by atoms with Crippen LogP contribution in [0.1, 0.15) is 43.1 Å². The molecule has 0 aliphatic carbocycles. The molecule has 1 amide bonds. The van der Waals surface area contributed by atoms with Crippen molar-refractivity contribution < 1.29 is 31.9 Å². The summed E-state index contributed by atoms with van der Waals surface area (Å²) in [5.41, 5.74) is 3.01.